The van der Waals surface area contributed by atoms with Gasteiger partial charge in [0.1, 0.15) is 11.6 Å². The Kier molecular flexibility index (Phi) is 5.95. The molecule has 29 heavy (non-hydrogen) atoms. The van der Waals surface area contributed by atoms with E-state index in [4.69, 9.17) is 4.74 Å². The van der Waals surface area contributed by atoms with Crippen LogP contribution >= 0.6 is 0 Å². The molecular formula is C19H20N4O5S. The molecule has 0 spiro atoms. The third kappa shape index (κ3) is 4.44. The van der Waals surface area contributed by atoms with Gasteiger partial charge < -0.3 is 9.72 Å². The Morgan fingerprint density at radius 1 is 1.24 bits per heavy atom. The Balaban J connectivity index is 1.91. The fourth-order valence-electron chi connectivity index (χ4n) is 2.86. The first-order chi connectivity index (χ1) is 13.9. The molecule has 0 radical (unpaired) electrons. The summed E-state index contributed by atoms with van der Waals surface area (Å²) in [6.45, 7) is 1.79. The summed E-state index contributed by atoms with van der Waals surface area (Å²) in [5.41, 5.74) is 1.10. The van der Waals surface area contributed by atoms with E-state index >= 15 is 0 Å². The highest BCUT2D eigenvalue weighted by Gasteiger charge is 2.29. The number of nitrogens with zero attached hydrogens (tertiary/aromatic N) is 2. The minimum Gasteiger partial charge on any atom is -0.497 e. The summed E-state index contributed by atoms with van der Waals surface area (Å²) in [4.78, 5) is 17.6. The molecule has 3 rings (SSSR count). The number of hydrogen-bond donors (Lipinski definition) is 2. The summed E-state index contributed by atoms with van der Waals surface area (Å²) >= 11 is 0. The third-order valence-corrected chi connectivity index (χ3v) is 5.89. The first kappa shape index (κ1) is 20.5. The molecule has 1 unspecified atom stereocenters. The van der Waals surface area contributed by atoms with E-state index in [0.29, 0.717) is 12.2 Å². The molecule has 0 aliphatic rings. The highest BCUT2D eigenvalue weighted by atomic mass is 32.2. The van der Waals surface area contributed by atoms with E-state index in [9.17, 15) is 18.5 Å². The summed E-state index contributed by atoms with van der Waals surface area (Å²) in [5, 5.41) is 11.4. The van der Waals surface area contributed by atoms with Crippen LogP contribution in [-0.4, -0.2) is 30.4 Å². The maximum Gasteiger partial charge on any atom is 0.293 e. The van der Waals surface area contributed by atoms with Crippen molar-refractivity contribution in [3.63, 3.8) is 0 Å². The number of nitro benzene ring substituents is 1. The molecule has 1 atom stereocenters. The molecule has 0 aliphatic carbocycles. The average Bonchev–Trinajstić information content (AvgIpc) is 3.22. The summed E-state index contributed by atoms with van der Waals surface area (Å²) in [6, 6.07) is 12.4. The minimum absolute atomic E-state index is 0.196. The van der Waals surface area contributed by atoms with E-state index in [0.717, 1.165) is 23.4 Å². The van der Waals surface area contributed by atoms with Crippen molar-refractivity contribution in [2.75, 3.05) is 7.11 Å². The molecule has 0 fully saturated rings. The fraction of sp³-hybridized carbons (Fsp3) is 0.211. The van der Waals surface area contributed by atoms with Gasteiger partial charge in [-0.1, -0.05) is 37.3 Å². The number of ether oxygens (including phenoxy) is 1. The molecule has 0 saturated carbocycles. The van der Waals surface area contributed by atoms with Gasteiger partial charge in [0.15, 0.2) is 4.90 Å². The third-order valence-electron chi connectivity index (χ3n) is 4.37. The molecule has 2 aromatic carbocycles. The molecule has 1 heterocycles. The highest BCUT2D eigenvalue weighted by Crippen LogP contribution is 2.30. The Morgan fingerprint density at radius 2 is 1.97 bits per heavy atom. The number of nitrogens with one attached hydrogen (secondary N) is 2. The van der Waals surface area contributed by atoms with Gasteiger partial charge in [-0.3, -0.25) is 10.1 Å². The molecule has 9 nitrogen and oxygen atoms in total. The Labute approximate surface area is 168 Å². The molecule has 1 aromatic heterocycles. The average molecular weight is 416 g/mol. The number of imidazole rings is 1. The van der Waals surface area contributed by atoms with Crippen LogP contribution in [0.2, 0.25) is 0 Å². The lowest BCUT2D eigenvalue weighted by Crippen LogP contribution is -2.29. The second kappa shape index (κ2) is 8.41. The fourth-order valence-corrected chi connectivity index (χ4v) is 4.29. The molecule has 152 valence electrons. The van der Waals surface area contributed by atoms with Gasteiger partial charge in [-0.05, 0) is 24.1 Å². The van der Waals surface area contributed by atoms with Crippen LogP contribution in [0.15, 0.2) is 59.6 Å². The highest BCUT2D eigenvalue weighted by molar-refractivity contribution is 7.89. The zero-order valence-corrected chi connectivity index (χ0v) is 16.6. The lowest BCUT2D eigenvalue weighted by atomic mass is 10.2. The lowest BCUT2D eigenvalue weighted by molar-refractivity contribution is -0.387. The van der Waals surface area contributed by atoms with Gasteiger partial charge in [0.05, 0.1) is 36.0 Å². The second-order valence-electron chi connectivity index (χ2n) is 6.22. The summed E-state index contributed by atoms with van der Waals surface area (Å²) < 4.78 is 33.2. The largest absolute Gasteiger partial charge is 0.497 e. The van der Waals surface area contributed by atoms with Crippen molar-refractivity contribution in [3.05, 3.63) is 70.7 Å². The van der Waals surface area contributed by atoms with Gasteiger partial charge in [-0.15, -0.1) is 0 Å². The number of rotatable bonds is 8. The molecule has 0 bridgehead atoms. The van der Waals surface area contributed by atoms with Crippen molar-refractivity contribution in [1.29, 1.82) is 0 Å². The predicted octanol–water partition coefficient (Wildman–Crippen LogP) is 3.42. The first-order valence-electron chi connectivity index (χ1n) is 8.80. The molecule has 0 saturated heterocycles. The van der Waals surface area contributed by atoms with Crippen LogP contribution in [0.5, 0.6) is 5.75 Å². The number of H-pyrrole nitrogens is 1. The molecule has 10 heteroatoms. The van der Waals surface area contributed by atoms with Crippen molar-refractivity contribution >= 4 is 15.7 Å². The van der Waals surface area contributed by atoms with Gasteiger partial charge in [0.2, 0.25) is 10.0 Å². The molecule has 0 amide bonds. The van der Waals surface area contributed by atoms with E-state index in [1.54, 1.807) is 13.1 Å². The number of aromatic amines is 1. The predicted molar refractivity (Wildman–Crippen MR) is 107 cm³/mol. The molecule has 2 N–H and O–H groups in total. The van der Waals surface area contributed by atoms with Crippen LogP contribution in [0.1, 0.15) is 25.2 Å². The summed E-state index contributed by atoms with van der Waals surface area (Å²) in [7, 11) is -2.84. The topological polar surface area (TPSA) is 127 Å². The van der Waals surface area contributed by atoms with Crippen molar-refractivity contribution in [2.24, 2.45) is 0 Å². The number of sulfonamides is 1. The van der Waals surface area contributed by atoms with E-state index in [-0.39, 0.29) is 5.75 Å². The number of benzene rings is 2. The van der Waals surface area contributed by atoms with Gasteiger partial charge >= 0.3 is 0 Å². The van der Waals surface area contributed by atoms with Crippen LogP contribution < -0.4 is 9.46 Å². The van der Waals surface area contributed by atoms with E-state index in [1.165, 1.54) is 13.2 Å². The van der Waals surface area contributed by atoms with E-state index < -0.39 is 31.6 Å². The lowest BCUT2D eigenvalue weighted by Gasteiger charge is -2.15. The van der Waals surface area contributed by atoms with Gasteiger partial charge in [0, 0.05) is 0 Å². The summed E-state index contributed by atoms with van der Waals surface area (Å²) in [6.07, 6.45) is 2.02. The number of aromatic nitrogens is 2. The SMILES string of the molecule is CCC(NS(=O)(=O)c1ccc(OC)cc1[N+](=O)[O-])c1ncc(-c2ccccc2)[nH]1. The molecule has 3 aromatic rings. The van der Waals surface area contributed by atoms with Crippen LogP contribution in [-0.2, 0) is 10.0 Å². The van der Waals surface area contributed by atoms with Crippen LogP contribution in [0, 0.1) is 10.1 Å². The Bertz CT molecular complexity index is 1110. The van der Waals surface area contributed by atoms with Gasteiger partial charge in [0.25, 0.3) is 5.69 Å². The molecule has 0 aliphatic heterocycles. The van der Waals surface area contributed by atoms with Crippen LogP contribution in [0.25, 0.3) is 11.3 Å². The maximum absolute atomic E-state index is 12.9. The number of methoxy groups -OCH3 is 1. The number of nitro groups is 1. The zero-order valence-electron chi connectivity index (χ0n) is 15.8. The normalized spacial score (nSPS) is 12.5. The van der Waals surface area contributed by atoms with Crippen molar-refractivity contribution in [1.82, 2.24) is 14.7 Å². The minimum atomic E-state index is -4.18. The monoisotopic (exact) mass is 416 g/mol. The van der Waals surface area contributed by atoms with Gasteiger partial charge in [-0.2, -0.15) is 0 Å². The van der Waals surface area contributed by atoms with Crippen molar-refractivity contribution in [3.8, 4) is 17.0 Å². The van der Waals surface area contributed by atoms with Crippen molar-refractivity contribution in [2.45, 2.75) is 24.3 Å². The molecular weight excluding hydrogens is 396 g/mol. The second-order valence-corrected chi connectivity index (χ2v) is 7.90. The first-order valence-corrected chi connectivity index (χ1v) is 10.3. The summed E-state index contributed by atoms with van der Waals surface area (Å²) in [5.74, 6) is 0.618. The van der Waals surface area contributed by atoms with Gasteiger partial charge in [-0.25, -0.2) is 18.1 Å². The Hall–Kier alpha value is -3.24. The van der Waals surface area contributed by atoms with Crippen molar-refractivity contribution < 1.29 is 18.1 Å². The van der Waals surface area contributed by atoms with E-state index in [1.807, 2.05) is 30.3 Å². The van der Waals surface area contributed by atoms with Crippen LogP contribution in [0.3, 0.4) is 0 Å². The standard InChI is InChI=1S/C19H20N4O5S/c1-3-15(19-20-12-16(21-19)13-7-5-4-6-8-13)22-29(26,27)18-10-9-14(28-2)11-17(18)23(24)25/h4-12,15,22H,3H2,1-2H3,(H,20,21). The Morgan fingerprint density at radius 3 is 2.59 bits per heavy atom. The maximum atomic E-state index is 12.9. The van der Waals surface area contributed by atoms with E-state index in [2.05, 4.69) is 14.7 Å². The smallest absolute Gasteiger partial charge is 0.293 e. The number of hydrogen-bond acceptors (Lipinski definition) is 6. The zero-order chi connectivity index (χ0) is 21.0. The van der Waals surface area contributed by atoms with Crippen LogP contribution in [0.4, 0.5) is 5.69 Å². The quantitative estimate of drug-likeness (QED) is 0.428.